The molecule has 0 radical (unpaired) electrons. The summed E-state index contributed by atoms with van der Waals surface area (Å²) < 4.78 is 12.4. The Bertz CT molecular complexity index is 1420. The standard InChI is InChI=1S/C28H22BrClN2O5/c1-3-6-18-13-17(15-24(36-2)25(18)37-16-19-7-4-5-8-23(19)30)14-22-26(33)31-28(35)32(27(22)34)21-11-9-20(29)10-12-21/h3-5,7-15H,1,6,16H2,2H3,(H,31,33,35)/b22-14+. The Hall–Kier alpha value is -3.88. The van der Waals surface area contributed by atoms with E-state index in [1.165, 1.54) is 13.2 Å². The maximum Gasteiger partial charge on any atom is 0.335 e. The molecule has 7 nitrogen and oxygen atoms in total. The lowest BCUT2D eigenvalue weighted by Gasteiger charge is -2.26. The smallest absolute Gasteiger partial charge is 0.335 e. The number of nitrogens with one attached hydrogen (secondary N) is 1. The second-order valence-corrected chi connectivity index (χ2v) is 9.34. The fourth-order valence-corrected chi connectivity index (χ4v) is 4.26. The van der Waals surface area contributed by atoms with Gasteiger partial charge in [-0.05, 0) is 60.5 Å². The van der Waals surface area contributed by atoms with Gasteiger partial charge in [0.15, 0.2) is 11.5 Å². The van der Waals surface area contributed by atoms with Crippen LogP contribution in [0.3, 0.4) is 0 Å². The highest BCUT2D eigenvalue weighted by atomic mass is 79.9. The van der Waals surface area contributed by atoms with E-state index in [2.05, 4.69) is 27.8 Å². The van der Waals surface area contributed by atoms with Gasteiger partial charge in [0, 0.05) is 20.6 Å². The number of rotatable bonds is 8. The largest absolute Gasteiger partial charge is 0.493 e. The zero-order chi connectivity index (χ0) is 26.5. The molecular formula is C28H22BrClN2O5. The number of ether oxygens (including phenoxy) is 2. The van der Waals surface area contributed by atoms with Crippen LogP contribution in [-0.4, -0.2) is 25.0 Å². The quantitative estimate of drug-likeness (QED) is 0.198. The van der Waals surface area contributed by atoms with Crippen LogP contribution in [0.5, 0.6) is 11.5 Å². The number of hydrogen-bond donors (Lipinski definition) is 1. The van der Waals surface area contributed by atoms with E-state index in [0.717, 1.165) is 20.5 Å². The first-order valence-electron chi connectivity index (χ1n) is 11.2. The zero-order valence-electron chi connectivity index (χ0n) is 19.8. The summed E-state index contributed by atoms with van der Waals surface area (Å²) in [6.45, 7) is 4.03. The molecule has 3 aromatic rings. The molecule has 4 amide bonds. The number of allylic oxidation sites excluding steroid dienone is 1. The molecule has 0 aliphatic carbocycles. The first kappa shape index (κ1) is 26.2. The van der Waals surface area contributed by atoms with Gasteiger partial charge in [0.1, 0.15) is 12.2 Å². The van der Waals surface area contributed by atoms with Crippen molar-refractivity contribution in [3.63, 3.8) is 0 Å². The summed E-state index contributed by atoms with van der Waals surface area (Å²) in [5.74, 6) is -0.621. The molecule has 3 aromatic carbocycles. The lowest BCUT2D eigenvalue weighted by atomic mass is 10.0. The van der Waals surface area contributed by atoms with Crippen molar-refractivity contribution in [2.75, 3.05) is 12.0 Å². The Morgan fingerprint density at radius 1 is 1.05 bits per heavy atom. The van der Waals surface area contributed by atoms with Gasteiger partial charge < -0.3 is 9.47 Å². The van der Waals surface area contributed by atoms with Crippen LogP contribution < -0.4 is 19.7 Å². The third-order valence-corrected chi connectivity index (χ3v) is 6.46. The molecule has 1 N–H and O–H groups in total. The minimum absolute atomic E-state index is 0.195. The van der Waals surface area contributed by atoms with Crippen molar-refractivity contribution >= 4 is 57.1 Å². The number of benzene rings is 3. The van der Waals surface area contributed by atoms with E-state index in [9.17, 15) is 14.4 Å². The number of imide groups is 2. The third kappa shape index (κ3) is 5.76. The minimum Gasteiger partial charge on any atom is -0.493 e. The van der Waals surface area contributed by atoms with E-state index < -0.39 is 17.8 Å². The summed E-state index contributed by atoms with van der Waals surface area (Å²) in [5, 5.41) is 2.81. The Morgan fingerprint density at radius 3 is 2.46 bits per heavy atom. The Balaban J connectivity index is 1.70. The molecule has 188 valence electrons. The van der Waals surface area contributed by atoms with Crippen molar-refractivity contribution in [1.82, 2.24) is 5.32 Å². The molecule has 1 aliphatic rings. The van der Waals surface area contributed by atoms with Crippen LogP contribution in [0.1, 0.15) is 16.7 Å². The molecule has 1 saturated heterocycles. The fraction of sp³-hybridized carbons (Fsp3) is 0.107. The van der Waals surface area contributed by atoms with Crippen LogP contribution in [0, 0.1) is 0 Å². The summed E-state index contributed by atoms with van der Waals surface area (Å²) in [5.41, 5.74) is 2.19. The third-order valence-electron chi connectivity index (χ3n) is 5.57. The molecule has 37 heavy (non-hydrogen) atoms. The van der Waals surface area contributed by atoms with Gasteiger partial charge >= 0.3 is 6.03 Å². The molecule has 0 spiro atoms. The van der Waals surface area contributed by atoms with Crippen molar-refractivity contribution in [3.8, 4) is 11.5 Å². The average molecular weight is 582 g/mol. The first-order valence-corrected chi connectivity index (χ1v) is 12.3. The summed E-state index contributed by atoms with van der Waals surface area (Å²) in [4.78, 5) is 39.3. The topological polar surface area (TPSA) is 84.9 Å². The number of nitrogens with zero attached hydrogens (tertiary/aromatic N) is 1. The monoisotopic (exact) mass is 580 g/mol. The number of amides is 4. The van der Waals surface area contributed by atoms with E-state index in [1.54, 1.807) is 48.5 Å². The first-order chi connectivity index (χ1) is 17.8. The van der Waals surface area contributed by atoms with Crippen molar-refractivity contribution in [3.05, 3.63) is 105 Å². The number of carbonyl (C=O) groups is 3. The predicted molar refractivity (Wildman–Crippen MR) is 146 cm³/mol. The van der Waals surface area contributed by atoms with E-state index in [1.807, 2.05) is 18.2 Å². The Kier molecular flexibility index (Phi) is 8.11. The maximum atomic E-state index is 13.2. The molecule has 0 atom stereocenters. The minimum atomic E-state index is -0.817. The molecule has 1 fully saturated rings. The van der Waals surface area contributed by atoms with Gasteiger partial charge in [-0.25, -0.2) is 9.69 Å². The highest BCUT2D eigenvalue weighted by Gasteiger charge is 2.36. The van der Waals surface area contributed by atoms with Gasteiger partial charge in [0.25, 0.3) is 11.8 Å². The van der Waals surface area contributed by atoms with Crippen LogP contribution in [-0.2, 0) is 22.6 Å². The van der Waals surface area contributed by atoms with Crippen LogP contribution in [0.4, 0.5) is 10.5 Å². The van der Waals surface area contributed by atoms with Gasteiger partial charge in [-0.1, -0.05) is 51.8 Å². The lowest BCUT2D eigenvalue weighted by molar-refractivity contribution is -0.122. The maximum absolute atomic E-state index is 13.2. The number of anilines is 1. The second-order valence-electron chi connectivity index (χ2n) is 8.02. The molecule has 1 heterocycles. The van der Waals surface area contributed by atoms with Gasteiger partial charge in [-0.15, -0.1) is 6.58 Å². The number of carbonyl (C=O) groups excluding carboxylic acids is 3. The summed E-state index contributed by atoms with van der Waals surface area (Å²) in [6, 6.07) is 16.6. The Labute approximate surface area is 227 Å². The molecular weight excluding hydrogens is 560 g/mol. The van der Waals surface area contributed by atoms with Crippen LogP contribution in [0.2, 0.25) is 5.02 Å². The van der Waals surface area contributed by atoms with Gasteiger partial charge in [-0.3, -0.25) is 14.9 Å². The second kappa shape index (κ2) is 11.5. The molecule has 0 unspecified atom stereocenters. The molecule has 0 saturated carbocycles. The summed E-state index contributed by atoms with van der Waals surface area (Å²) >= 11 is 9.59. The van der Waals surface area contributed by atoms with Crippen molar-refractivity contribution in [2.24, 2.45) is 0 Å². The average Bonchev–Trinajstić information content (AvgIpc) is 2.87. The van der Waals surface area contributed by atoms with E-state index in [4.69, 9.17) is 21.1 Å². The summed E-state index contributed by atoms with van der Waals surface area (Å²) in [7, 11) is 1.50. The van der Waals surface area contributed by atoms with Crippen LogP contribution in [0.15, 0.2) is 83.4 Å². The number of halogens is 2. The number of hydrogen-bond acceptors (Lipinski definition) is 5. The van der Waals surface area contributed by atoms with Crippen LogP contribution in [0.25, 0.3) is 6.08 Å². The van der Waals surface area contributed by atoms with Crippen molar-refractivity contribution < 1.29 is 23.9 Å². The number of barbiturate groups is 1. The van der Waals surface area contributed by atoms with E-state index >= 15 is 0 Å². The predicted octanol–water partition coefficient (Wildman–Crippen LogP) is 6.09. The van der Waals surface area contributed by atoms with Crippen molar-refractivity contribution in [1.29, 1.82) is 0 Å². The molecule has 0 aromatic heterocycles. The van der Waals surface area contributed by atoms with Crippen molar-refractivity contribution in [2.45, 2.75) is 13.0 Å². The zero-order valence-corrected chi connectivity index (χ0v) is 22.1. The van der Waals surface area contributed by atoms with Gasteiger partial charge in [0.2, 0.25) is 0 Å². The number of urea groups is 1. The van der Waals surface area contributed by atoms with Gasteiger partial charge in [0.05, 0.1) is 12.8 Å². The van der Waals surface area contributed by atoms with Crippen LogP contribution >= 0.6 is 27.5 Å². The fourth-order valence-electron chi connectivity index (χ4n) is 3.80. The normalized spacial score (nSPS) is 14.5. The van der Waals surface area contributed by atoms with E-state index in [-0.39, 0.29) is 12.2 Å². The molecule has 0 bridgehead atoms. The highest BCUT2D eigenvalue weighted by Crippen LogP contribution is 2.36. The SMILES string of the molecule is C=CCc1cc(/C=C2\C(=O)NC(=O)N(c3ccc(Br)cc3)C2=O)cc(OC)c1OCc1ccccc1Cl. The lowest BCUT2D eigenvalue weighted by Crippen LogP contribution is -2.54. The highest BCUT2D eigenvalue weighted by molar-refractivity contribution is 9.10. The molecule has 4 rings (SSSR count). The summed E-state index contributed by atoms with van der Waals surface area (Å²) in [6.07, 6.45) is 3.57. The Morgan fingerprint density at radius 2 is 1.78 bits per heavy atom. The number of methoxy groups -OCH3 is 1. The van der Waals surface area contributed by atoms with E-state index in [0.29, 0.717) is 34.2 Å². The molecule has 9 heteroatoms. The molecule has 1 aliphatic heterocycles. The van der Waals surface area contributed by atoms with Gasteiger partial charge in [-0.2, -0.15) is 0 Å².